The molecule has 0 radical (unpaired) electrons. The van der Waals surface area contributed by atoms with Crippen molar-refractivity contribution in [3.05, 3.63) is 59.4 Å². The number of imidazole rings is 1. The highest BCUT2D eigenvalue weighted by atomic mass is 35.5. The quantitative estimate of drug-likeness (QED) is 0.211. The van der Waals surface area contributed by atoms with Crippen LogP contribution in [0.2, 0.25) is 5.02 Å². The van der Waals surface area contributed by atoms with E-state index < -0.39 is 0 Å². The van der Waals surface area contributed by atoms with Crippen LogP contribution in [0.25, 0.3) is 27.6 Å². The van der Waals surface area contributed by atoms with Gasteiger partial charge >= 0.3 is 0 Å². The summed E-state index contributed by atoms with van der Waals surface area (Å²) in [7, 11) is 3.53. The maximum absolute atomic E-state index is 10.2. The van der Waals surface area contributed by atoms with Crippen molar-refractivity contribution in [2.75, 3.05) is 32.6 Å². The normalized spacial score (nSPS) is 14.2. The van der Waals surface area contributed by atoms with E-state index in [0.29, 0.717) is 41.5 Å². The Balaban J connectivity index is 0.000000268. The zero-order valence-electron chi connectivity index (χ0n) is 28.4. The molecule has 4 aromatic heterocycles. The highest BCUT2D eigenvalue weighted by molar-refractivity contribution is 6.32. The molecule has 0 saturated carbocycles. The minimum absolute atomic E-state index is 0.318. The number of amides is 1. The molecule has 48 heavy (non-hydrogen) atoms. The van der Waals surface area contributed by atoms with Crippen molar-refractivity contribution in [3.63, 3.8) is 0 Å². The van der Waals surface area contributed by atoms with E-state index in [0.717, 1.165) is 65.5 Å². The second-order valence-corrected chi connectivity index (χ2v) is 12.5. The van der Waals surface area contributed by atoms with Gasteiger partial charge in [-0.15, -0.1) is 10.2 Å². The number of likely N-dealkylation sites (N-methyl/N-ethyl adjacent to an activating group) is 1. The molecular formula is C33H43ClN10O4. The Morgan fingerprint density at radius 3 is 2.46 bits per heavy atom. The van der Waals surface area contributed by atoms with Crippen LogP contribution in [-0.4, -0.2) is 91.2 Å². The van der Waals surface area contributed by atoms with Crippen LogP contribution in [-0.2, 0) is 27.4 Å². The molecule has 0 aliphatic carbocycles. The zero-order chi connectivity index (χ0) is 34.8. The number of hydrogen-bond donors (Lipinski definition) is 2. The minimum atomic E-state index is -0.318. The monoisotopic (exact) mass is 678 g/mol. The lowest BCUT2D eigenvalue weighted by molar-refractivity contribution is -0.138. The fourth-order valence-corrected chi connectivity index (χ4v) is 5.28. The van der Waals surface area contributed by atoms with Crippen LogP contribution in [0.5, 0.6) is 5.75 Å². The summed E-state index contributed by atoms with van der Waals surface area (Å²) in [6.07, 6.45) is 9.29. The Morgan fingerprint density at radius 2 is 1.92 bits per heavy atom. The minimum Gasteiger partial charge on any atom is -0.495 e. The number of methoxy groups -OCH3 is 1. The molecular weight excluding hydrogens is 636 g/mol. The molecule has 256 valence electrons. The number of rotatable bonds is 9. The average Bonchev–Trinajstić information content (AvgIpc) is 3.83. The van der Waals surface area contributed by atoms with Gasteiger partial charge in [-0.2, -0.15) is 5.10 Å². The van der Waals surface area contributed by atoms with E-state index in [2.05, 4.69) is 40.6 Å². The van der Waals surface area contributed by atoms with Crippen molar-refractivity contribution in [2.24, 2.45) is 0 Å². The van der Waals surface area contributed by atoms with Crippen molar-refractivity contribution in [3.8, 4) is 11.6 Å². The number of carbonyl (C=O) groups excluding carboxylic acids is 2. The molecule has 14 nitrogen and oxygen atoms in total. The number of ether oxygens (including phenoxy) is 2. The van der Waals surface area contributed by atoms with E-state index in [9.17, 15) is 9.59 Å². The summed E-state index contributed by atoms with van der Waals surface area (Å²) in [5.41, 5.74) is 2.37. The molecule has 5 heterocycles. The maximum Gasteiger partial charge on any atom is 0.293 e. The second-order valence-electron chi connectivity index (χ2n) is 12.1. The molecule has 1 atom stereocenters. The number of benzene rings is 1. The number of aromatic nitrogens is 7. The van der Waals surface area contributed by atoms with E-state index in [4.69, 9.17) is 16.3 Å². The molecule has 15 heteroatoms. The number of likely N-dealkylation sites (tertiary alicyclic amines) is 1. The summed E-state index contributed by atoms with van der Waals surface area (Å²) < 4.78 is 13.5. The maximum atomic E-state index is 10.2. The number of carbonyl (C=O) groups is 2. The molecule has 1 aromatic carbocycles. The molecule has 1 fully saturated rings. The SMILES string of the molecule is CC(C)(C)OC=O.CCn1ncc2c3c(NCc4ccc(OC)c(Cl)c4)nnc(-n4cnc(C)c4)c3cnc21.CNC1CCN(C=O)C1. The van der Waals surface area contributed by atoms with Gasteiger partial charge in [0.2, 0.25) is 6.41 Å². The summed E-state index contributed by atoms with van der Waals surface area (Å²) in [6, 6.07) is 6.21. The molecule has 5 aromatic rings. The predicted molar refractivity (Wildman–Crippen MR) is 185 cm³/mol. The third kappa shape index (κ3) is 8.95. The first kappa shape index (κ1) is 36.0. The van der Waals surface area contributed by atoms with Crippen molar-refractivity contribution >= 4 is 52.1 Å². The number of pyridine rings is 1. The van der Waals surface area contributed by atoms with Gasteiger partial charge in [0.05, 0.1) is 29.4 Å². The van der Waals surface area contributed by atoms with Crippen LogP contribution < -0.4 is 15.4 Å². The molecule has 1 unspecified atom stereocenters. The number of fused-ring (bicyclic) bond motifs is 3. The highest BCUT2D eigenvalue weighted by Crippen LogP contribution is 2.32. The first-order chi connectivity index (χ1) is 23.0. The van der Waals surface area contributed by atoms with E-state index >= 15 is 0 Å². The molecule has 0 bridgehead atoms. The molecule has 2 N–H and O–H groups in total. The van der Waals surface area contributed by atoms with Crippen molar-refractivity contribution in [2.45, 2.75) is 65.8 Å². The van der Waals surface area contributed by atoms with Gasteiger partial charge in [-0.25, -0.2) is 14.6 Å². The van der Waals surface area contributed by atoms with Crippen molar-refractivity contribution < 1.29 is 19.1 Å². The Bertz CT molecular complexity index is 1830. The van der Waals surface area contributed by atoms with Gasteiger partial charge in [-0.05, 0) is 65.8 Å². The topological polar surface area (TPSA) is 154 Å². The summed E-state index contributed by atoms with van der Waals surface area (Å²) in [5, 5.41) is 23.3. The van der Waals surface area contributed by atoms with Crippen LogP contribution in [0.1, 0.15) is 45.4 Å². The van der Waals surface area contributed by atoms with Gasteiger partial charge in [-0.3, -0.25) is 14.2 Å². The van der Waals surface area contributed by atoms with Gasteiger partial charge < -0.3 is 25.0 Å². The number of anilines is 1. The number of nitrogens with one attached hydrogen (secondary N) is 2. The molecule has 1 saturated heterocycles. The summed E-state index contributed by atoms with van der Waals surface area (Å²) in [5.74, 6) is 1.95. The van der Waals surface area contributed by atoms with Gasteiger partial charge in [0.15, 0.2) is 17.3 Å². The Labute approximate surface area is 284 Å². The summed E-state index contributed by atoms with van der Waals surface area (Å²) in [6.45, 7) is 12.9. The molecule has 6 rings (SSSR count). The molecule has 1 aliphatic heterocycles. The largest absolute Gasteiger partial charge is 0.495 e. The zero-order valence-corrected chi connectivity index (χ0v) is 29.2. The number of halogens is 1. The Kier molecular flexibility index (Phi) is 12.3. The van der Waals surface area contributed by atoms with Crippen LogP contribution in [0.4, 0.5) is 5.82 Å². The summed E-state index contributed by atoms with van der Waals surface area (Å²) in [4.78, 5) is 30.5. The van der Waals surface area contributed by atoms with E-state index in [-0.39, 0.29) is 5.60 Å². The number of nitrogens with zero attached hydrogens (tertiary/aromatic N) is 8. The van der Waals surface area contributed by atoms with Crippen molar-refractivity contribution in [1.82, 2.24) is 44.7 Å². The van der Waals surface area contributed by atoms with E-state index in [1.165, 1.54) is 0 Å². The van der Waals surface area contributed by atoms with Crippen LogP contribution in [0.3, 0.4) is 0 Å². The third-order valence-corrected chi connectivity index (χ3v) is 7.79. The Morgan fingerprint density at radius 1 is 1.12 bits per heavy atom. The number of aryl methyl sites for hydroxylation is 2. The predicted octanol–water partition coefficient (Wildman–Crippen LogP) is 4.56. The van der Waals surface area contributed by atoms with Crippen LogP contribution in [0, 0.1) is 6.92 Å². The van der Waals surface area contributed by atoms with Crippen molar-refractivity contribution in [1.29, 1.82) is 0 Å². The molecule has 1 aliphatic rings. The van der Waals surface area contributed by atoms with E-state index in [1.54, 1.807) is 18.3 Å². The van der Waals surface area contributed by atoms with Gasteiger partial charge in [-0.1, -0.05) is 17.7 Å². The lowest BCUT2D eigenvalue weighted by Gasteiger charge is -2.14. The lowest BCUT2D eigenvalue weighted by Crippen LogP contribution is -2.28. The molecule has 0 spiro atoms. The van der Waals surface area contributed by atoms with Crippen LogP contribution in [0.15, 0.2) is 43.1 Å². The third-order valence-electron chi connectivity index (χ3n) is 7.50. The standard InChI is InChI=1S/C22H21ClN8O.C6H12N2O.C5H10O2/c1-4-31-21-16(10-27-31)19-15(9-25-21)22(30-11-13(2)26-12-30)29-28-20(19)24-8-14-5-6-18(32-3)17(23)7-14;1-7-6-2-3-8(4-6)5-9;1-5(2,3)7-4-6/h5-7,9-12H,4,8H2,1-3H3,(H,24,28);5-7H,2-4H2,1H3;4H,1-3H3. The van der Waals surface area contributed by atoms with E-state index in [1.807, 2.05) is 87.7 Å². The average molecular weight is 679 g/mol. The number of hydrogen-bond acceptors (Lipinski definition) is 11. The van der Waals surface area contributed by atoms with Crippen LogP contribution >= 0.6 is 11.6 Å². The molecule has 1 amide bonds. The fourth-order valence-electron chi connectivity index (χ4n) is 5.00. The van der Waals surface area contributed by atoms with Gasteiger partial charge in [0, 0.05) is 55.4 Å². The summed E-state index contributed by atoms with van der Waals surface area (Å²) >= 11 is 6.29. The first-order valence-corrected chi connectivity index (χ1v) is 16.0. The first-order valence-electron chi connectivity index (χ1n) is 15.6. The second kappa shape index (κ2) is 16.3. The fraction of sp³-hybridized carbons (Fsp3) is 0.424. The smallest absolute Gasteiger partial charge is 0.293 e. The lowest BCUT2D eigenvalue weighted by atomic mass is 10.1. The van der Waals surface area contributed by atoms with Gasteiger partial charge in [0.1, 0.15) is 17.7 Å². The Hall–Kier alpha value is -4.82. The van der Waals surface area contributed by atoms with Gasteiger partial charge in [0.25, 0.3) is 6.47 Å². The highest BCUT2D eigenvalue weighted by Gasteiger charge is 2.19.